The van der Waals surface area contributed by atoms with Crippen molar-refractivity contribution in [3.8, 4) is 17.6 Å². The average molecular weight is 259 g/mol. The van der Waals surface area contributed by atoms with E-state index in [2.05, 4.69) is 17.2 Å². The molecule has 0 radical (unpaired) electrons. The maximum Gasteiger partial charge on any atom is 0.126 e. The van der Waals surface area contributed by atoms with Gasteiger partial charge >= 0.3 is 0 Å². The lowest BCUT2D eigenvalue weighted by molar-refractivity contribution is 0.248. The number of nitrogens with one attached hydrogen (secondary N) is 1. The standard InChI is InChI=1S/C16H21NO2/c1-3-4-10-15(13-18)17-12-7-9-14-8-5-6-11-16(14)19-2/h5-9,11,15,17-18H,10,12-13H2,1-2H3/b9-7+. The normalized spacial score (nSPS) is 11.9. The highest BCUT2D eigenvalue weighted by Crippen LogP contribution is 2.18. The summed E-state index contributed by atoms with van der Waals surface area (Å²) in [7, 11) is 1.66. The van der Waals surface area contributed by atoms with Crippen LogP contribution in [0.25, 0.3) is 6.08 Å². The lowest BCUT2D eigenvalue weighted by atomic mass is 10.2. The Morgan fingerprint density at radius 2 is 2.21 bits per heavy atom. The highest BCUT2D eigenvalue weighted by atomic mass is 16.5. The summed E-state index contributed by atoms with van der Waals surface area (Å²) in [5.41, 5.74) is 1.04. The quantitative estimate of drug-likeness (QED) is 0.737. The van der Waals surface area contributed by atoms with E-state index in [1.807, 2.05) is 36.4 Å². The van der Waals surface area contributed by atoms with Crippen LogP contribution in [0.2, 0.25) is 0 Å². The van der Waals surface area contributed by atoms with Crippen molar-refractivity contribution in [2.75, 3.05) is 20.3 Å². The van der Waals surface area contributed by atoms with Gasteiger partial charge in [-0.25, -0.2) is 0 Å². The minimum Gasteiger partial charge on any atom is -0.496 e. The van der Waals surface area contributed by atoms with Crippen LogP contribution in [0.15, 0.2) is 30.3 Å². The molecule has 102 valence electrons. The van der Waals surface area contributed by atoms with Crippen LogP contribution in [0.1, 0.15) is 18.9 Å². The van der Waals surface area contributed by atoms with E-state index in [9.17, 15) is 5.11 Å². The van der Waals surface area contributed by atoms with E-state index in [4.69, 9.17) is 4.74 Å². The van der Waals surface area contributed by atoms with Gasteiger partial charge in [0.05, 0.1) is 13.7 Å². The van der Waals surface area contributed by atoms with Gasteiger partial charge in [0, 0.05) is 24.6 Å². The number of methoxy groups -OCH3 is 1. The van der Waals surface area contributed by atoms with Crippen LogP contribution in [0, 0.1) is 11.8 Å². The van der Waals surface area contributed by atoms with Gasteiger partial charge in [0.1, 0.15) is 5.75 Å². The van der Waals surface area contributed by atoms with E-state index < -0.39 is 0 Å². The molecular formula is C16H21NO2. The molecule has 0 heterocycles. The maximum atomic E-state index is 9.18. The molecule has 0 aliphatic rings. The lowest BCUT2D eigenvalue weighted by Crippen LogP contribution is -2.32. The number of rotatable bonds is 7. The van der Waals surface area contributed by atoms with Crippen LogP contribution in [0.4, 0.5) is 0 Å². The van der Waals surface area contributed by atoms with Crippen molar-refractivity contribution in [3.63, 3.8) is 0 Å². The first-order valence-corrected chi connectivity index (χ1v) is 6.35. The molecule has 1 aromatic rings. The third kappa shape index (κ3) is 5.60. The van der Waals surface area contributed by atoms with Crippen LogP contribution in [0.5, 0.6) is 5.75 Å². The van der Waals surface area contributed by atoms with Crippen LogP contribution >= 0.6 is 0 Å². The van der Waals surface area contributed by atoms with E-state index >= 15 is 0 Å². The summed E-state index contributed by atoms with van der Waals surface area (Å²) < 4.78 is 5.27. The number of para-hydroxylation sites is 1. The fourth-order valence-corrected chi connectivity index (χ4v) is 1.65. The fourth-order valence-electron chi connectivity index (χ4n) is 1.65. The molecule has 2 N–H and O–H groups in total. The van der Waals surface area contributed by atoms with E-state index in [0.717, 1.165) is 11.3 Å². The van der Waals surface area contributed by atoms with Gasteiger partial charge in [-0.15, -0.1) is 11.8 Å². The van der Waals surface area contributed by atoms with Crippen LogP contribution in [0.3, 0.4) is 0 Å². The van der Waals surface area contributed by atoms with Gasteiger partial charge in [0.15, 0.2) is 0 Å². The number of ether oxygens (including phenoxy) is 1. The Kier molecular flexibility index (Phi) is 7.41. The smallest absolute Gasteiger partial charge is 0.126 e. The van der Waals surface area contributed by atoms with Gasteiger partial charge in [0.2, 0.25) is 0 Å². The summed E-state index contributed by atoms with van der Waals surface area (Å²) in [6.07, 6.45) is 4.68. The first kappa shape index (κ1) is 15.3. The first-order chi connectivity index (χ1) is 9.31. The van der Waals surface area contributed by atoms with Gasteiger partial charge in [-0.1, -0.05) is 30.4 Å². The summed E-state index contributed by atoms with van der Waals surface area (Å²) in [4.78, 5) is 0. The van der Waals surface area contributed by atoms with Crippen molar-refractivity contribution >= 4 is 6.08 Å². The maximum absolute atomic E-state index is 9.18. The third-order valence-corrected chi connectivity index (χ3v) is 2.71. The molecular weight excluding hydrogens is 238 g/mol. The molecule has 0 amide bonds. The predicted molar refractivity (Wildman–Crippen MR) is 79.0 cm³/mol. The van der Waals surface area contributed by atoms with Crippen LogP contribution in [-0.2, 0) is 0 Å². The topological polar surface area (TPSA) is 41.5 Å². The highest BCUT2D eigenvalue weighted by molar-refractivity contribution is 5.57. The van der Waals surface area contributed by atoms with Crippen molar-refractivity contribution in [1.29, 1.82) is 0 Å². The van der Waals surface area contributed by atoms with E-state index in [1.165, 1.54) is 0 Å². The number of benzene rings is 1. The zero-order chi connectivity index (χ0) is 13.9. The Labute approximate surface area is 115 Å². The van der Waals surface area contributed by atoms with Crippen molar-refractivity contribution in [2.45, 2.75) is 19.4 Å². The monoisotopic (exact) mass is 259 g/mol. The molecule has 0 aliphatic carbocycles. The highest BCUT2D eigenvalue weighted by Gasteiger charge is 2.02. The Balaban J connectivity index is 2.46. The van der Waals surface area contributed by atoms with Crippen LogP contribution < -0.4 is 10.1 Å². The SMILES string of the molecule is CC#CCC(CO)NC/C=C/c1ccccc1OC. The molecule has 19 heavy (non-hydrogen) atoms. The van der Waals surface area contributed by atoms with Gasteiger partial charge < -0.3 is 15.2 Å². The molecule has 1 unspecified atom stereocenters. The molecule has 3 heteroatoms. The molecule has 1 atom stereocenters. The molecule has 0 fully saturated rings. The zero-order valence-electron chi connectivity index (χ0n) is 11.5. The van der Waals surface area contributed by atoms with E-state index in [-0.39, 0.29) is 12.6 Å². The van der Waals surface area contributed by atoms with Crippen molar-refractivity contribution < 1.29 is 9.84 Å². The predicted octanol–water partition coefficient (Wildman–Crippen LogP) is 2.07. The molecule has 1 aromatic carbocycles. The molecule has 0 spiro atoms. The minimum atomic E-state index is 0.0229. The average Bonchev–Trinajstić information content (AvgIpc) is 2.47. The first-order valence-electron chi connectivity index (χ1n) is 6.35. The molecule has 0 aromatic heterocycles. The number of hydrogen-bond donors (Lipinski definition) is 2. The third-order valence-electron chi connectivity index (χ3n) is 2.71. The lowest BCUT2D eigenvalue weighted by Gasteiger charge is -2.11. The van der Waals surface area contributed by atoms with E-state index in [0.29, 0.717) is 13.0 Å². The molecule has 3 nitrogen and oxygen atoms in total. The fraction of sp³-hybridized carbons (Fsp3) is 0.375. The second-order valence-corrected chi connectivity index (χ2v) is 4.06. The molecule has 0 saturated carbocycles. The molecule has 0 bridgehead atoms. The van der Waals surface area contributed by atoms with Crippen LogP contribution in [-0.4, -0.2) is 31.4 Å². The van der Waals surface area contributed by atoms with Crippen molar-refractivity contribution in [3.05, 3.63) is 35.9 Å². The Bertz CT molecular complexity index is 457. The summed E-state index contributed by atoms with van der Waals surface area (Å²) >= 11 is 0. The van der Waals surface area contributed by atoms with E-state index in [1.54, 1.807) is 14.0 Å². The summed E-state index contributed by atoms with van der Waals surface area (Å²) in [5, 5.41) is 12.4. The Hall–Kier alpha value is -1.76. The van der Waals surface area contributed by atoms with Gasteiger partial charge in [-0.2, -0.15) is 0 Å². The number of hydrogen-bond acceptors (Lipinski definition) is 3. The van der Waals surface area contributed by atoms with Crippen molar-refractivity contribution in [2.24, 2.45) is 0 Å². The zero-order valence-corrected chi connectivity index (χ0v) is 11.5. The minimum absolute atomic E-state index is 0.0229. The van der Waals surface area contributed by atoms with Gasteiger partial charge in [-0.05, 0) is 13.0 Å². The summed E-state index contributed by atoms with van der Waals surface area (Å²) in [5.74, 6) is 6.64. The number of aliphatic hydroxyl groups excluding tert-OH is 1. The molecule has 0 saturated heterocycles. The van der Waals surface area contributed by atoms with Gasteiger partial charge in [0.25, 0.3) is 0 Å². The Morgan fingerprint density at radius 3 is 2.89 bits per heavy atom. The molecule has 0 aliphatic heterocycles. The number of aliphatic hydroxyl groups is 1. The van der Waals surface area contributed by atoms with Crippen molar-refractivity contribution in [1.82, 2.24) is 5.32 Å². The molecule has 1 rings (SSSR count). The second kappa shape index (κ2) is 9.21. The second-order valence-electron chi connectivity index (χ2n) is 4.06. The summed E-state index contributed by atoms with van der Waals surface area (Å²) in [6, 6.07) is 7.87. The Morgan fingerprint density at radius 1 is 1.42 bits per heavy atom. The van der Waals surface area contributed by atoms with Gasteiger partial charge in [-0.3, -0.25) is 0 Å². The summed E-state index contributed by atoms with van der Waals surface area (Å²) in [6.45, 7) is 2.59. The largest absolute Gasteiger partial charge is 0.496 e.